The molecule has 1 aliphatic rings. The summed E-state index contributed by atoms with van der Waals surface area (Å²) in [6, 6.07) is 6.16. The third-order valence-corrected chi connectivity index (χ3v) is 4.82. The number of rotatable bonds is 3. The summed E-state index contributed by atoms with van der Waals surface area (Å²) >= 11 is 2.07. The molecule has 1 aliphatic heterocycles. The van der Waals surface area contributed by atoms with Crippen LogP contribution in [-0.4, -0.2) is 17.0 Å². The highest BCUT2D eigenvalue weighted by molar-refractivity contribution is 8.00. The number of nitrogens with two attached hydrogens (primary N) is 1. The summed E-state index contributed by atoms with van der Waals surface area (Å²) in [6.45, 7) is 5.39. The lowest BCUT2D eigenvalue weighted by Crippen LogP contribution is -2.27. The first-order valence-electron chi connectivity index (χ1n) is 5.84. The van der Waals surface area contributed by atoms with Gasteiger partial charge >= 0.3 is 0 Å². The van der Waals surface area contributed by atoms with Crippen molar-refractivity contribution in [1.82, 2.24) is 0 Å². The molecule has 1 saturated heterocycles. The van der Waals surface area contributed by atoms with Gasteiger partial charge in [0.25, 0.3) is 0 Å². The standard InChI is InChI=1S/C13H20N2S/c1-10-5-3-6-11(12(10)14)15-9-13(2)7-4-8-16-13/h3,5-6,15H,4,7-9,14H2,1-2H3. The van der Waals surface area contributed by atoms with Crippen molar-refractivity contribution in [3.63, 3.8) is 0 Å². The molecule has 88 valence electrons. The molecule has 2 rings (SSSR count). The first kappa shape index (κ1) is 11.6. The Labute approximate surface area is 102 Å². The number of benzene rings is 1. The van der Waals surface area contributed by atoms with Crippen LogP contribution in [0.2, 0.25) is 0 Å². The first-order valence-corrected chi connectivity index (χ1v) is 6.82. The zero-order chi connectivity index (χ0) is 11.6. The second-order valence-electron chi connectivity index (χ2n) is 4.79. The molecule has 0 saturated carbocycles. The Morgan fingerprint density at radius 1 is 1.50 bits per heavy atom. The smallest absolute Gasteiger partial charge is 0.0579 e. The summed E-state index contributed by atoms with van der Waals surface area (Å²) in [6.07, 6.45) is 2.64. The Bertz CT molecular complexity index is 370. The van der Waals surface area contributed by atoms with Crippen molar-refractivity contribution in [1.29, 1.82) is 0 Å². The molecule has 1 fully saturated rings. The molecule has 1 unspecified atom stereocenters. The monoisotopic (exact) mass is 236 g/mol. The van der Waals surface area contributed by atoms with Gasteiger partial charge in [0.1, 0.15) is 0 Å². The Morgan fingerprint density at radius 3 is 3.00 bits per heavy atom. The molecule has 0 amide bonds. The second-order valence-corrected chi connectivity index (χ2v) is 6.47. The predicted molar refractivity (Wildman–Crippen MR) is 74.2 cm³/mol. The molecule has 0 bridgehead atoms. The molecule has 1 atom stereocenters. The van der Waals surface area contributed by atoms with E-state index in [1.54, 1.807) is 0 Å². The van der Waals surface area contributed by atoms with Crippen molar-refractivity contribution in [3.8, 4) is 0 Å². The number of thioether (sulfide) groups is 1. The van der Waals surface area contributed by atoms with E-state index in [1.165, 1.54) is 18.6 Å². The van der Waals surface area contributed by atoms with Crippen LogP contribution in [0.3, 0.4) is 0 Å². The molecule has 16 heavy (non-hydrogen) atoms. The molecule has 0 aromatic heterocycles. The average Bonchev–Trinajstić information content (AvgIpc) is 2.68. The van der Waals surface area contributed by atoms with E-state index in [1.807, 2.05) is 13.0 Å². The van der Waals surface area contributed by atoms with Crippen molar-refractivity contribution in [2.75, 3.05) is 23.3 Å². The fraction of sp³-hybridized carbons (Fsp3) is 0.538. The Balaban J connectivity index is 2.02. The number of hydrogen-bond acceptors (Lipinski definition) is 3. The predicted octanol–water partition coefficient (Wildman–Crippen LogP) is 3.27. The fourth-order valence-electron chi connectivity index (χ4n) is 2.09. The first-order chi connectivity index (χ1) is 7.61. The molecular weight excluding hydrogens is 216 g/mol. The van der Waals surface area contributed by atoms with Gasteiger partial charge < -0.3 is 11.1 Å². The van der Waals surface area contributed by atoms with Crippen LogP contribution in [0.15, 0.2) is 18.2 Å². The highest BCUT2D eigenvalue weighted by Gasteiger charge is 2.29. The second kappa shape index (κ2) is 4.58. The Morgan fingerprint density at radius 2 is 2.31 bits per heavy atom. The van der Waals surface area contributed by atoms with Gasteiger partial charge in [-0.3, -0.25) is 0 Å². The van der Waals surface area contributed by atoms with Crippen molar-refractivity contribution in [3.05, 3.63) is 23.8 Å². The zero-order valence-electron chi connectivity index (χ0n) is 10.0. The average molecular weight is 236 g/mol. The van der Waals surface area contributed by atoms with E-state index in [2.05, 4.69) is 36.1 Å². The van der Waals surface area contributed by atoms with Crippen LogP contribution in [-0.2, 0) is 0 Å². The van der Waals surface area contributed by atoms with Gasteiger partial charge in [-0.1, -0.05) is 12.1 Å². The molecule has 0 spiro atoms. The largest absolute Gasteiger partial charge is 0.397 e. The van der Waals surface area contributed by atoms with E-state index >= 15 is 0 Å². The zero-order valence-corrected chi connectivity index (χ0v) is 10.9. The summed E-state index contributed by atoms with van der Waals surface area (Å²) < 4.78 is 0.385. The van der Waals surface area contributed by atoms with Gasteiger partial charge in [-0.2, -0.15) is 11.8 Å². The maximum absolute atomic E-state index is 6.04. The van der Waals surface area contributed by atoms with E-state index in [0.29, 0.717) is 4.75 Å². The van der Waals surface area contributed by atoms with Gasteiger partial charge in [0.05, 0.1) is 11.4 Å². The molecule has 1 aromatic rings. The third kappa shape index (κ3) is 2.46. The molecule has 3 heteroatoms. The van der Waals surface area contributed by atoms with E-state index in [-0.39, 0.29) is 0 Å². The van der Waals surface area contributed by atoms with Crippen molar-refractivity contribution in [2.24, 2.45) is 0 Å². The number of anilines is 2. The van der Waals surface area contributed by atoms with Crippen LogP contribution < -0.4 is 11.1 Å². The van der Waals surface area contributed by atoms with Crippen LogP contribution in [0.1, 0.15) is 25.3 Å². The Kier molecular flexibility index (Phi) is 3.33. The molecular formula is C13H20N2S. The topological polar surface area (TPSA) is 38.0 Å². The SMILES string of the molecule is Cc1cccc(NCC2(C)CCCS2)c1N. The van der Waals surface area contributed by atoms with E-state index in [4.69, 9.17) is 5.73 Å². The molecule has 3 N–H and O–H groups in total. The van der Waals surface area contributed by atoms with Crippen LogP contribution in [0.4, 0.5) is 11.4 Å². The van der Waals surface area contributed by atoms with Crippen LogP contribution in [0.25, 0.3) is 0 Å². The highest BCUT2D eigenvalue weighted by atomic mass is 32.2. The Hall–Kier alpha value is -0.830. The van der Waals surface area contributed by atoms with Crippen molar-refractivity contribution in [2.45, 2.75) is 31.4 Å². The summed E-state index contributed by atoms with van der Waals surface area (Å²) in [7, 11) is 0. The highest BCUT2D eigenvalue weighted by Crippen LogP contribution is 2.38. The lowest BCUT2D eigenvalue weighted by molar-refractivity contribution is 0.635. The number of nitrogens with one attached hydrogen (secondary N) is 1. The van der Waals surface area contributed by atoms with E-state index < -0.39 is 0 Å². The lowest BCUT2D eigenvalue weighted by atomic mass is 10.1. The molecule has 0 radical (unpaired) electrons. The van der Waals surface area contributed by atoms with Crippen molar-refractivity contribution < 1.29 is 0 Å². The fourth-order valence-corrected chi connectivity index (χ4v) is 3.34. The van der Waals surface area contributed by atoms with Gasteiger partial charge in [-0.25, -0.2) is 0 Å². The van der Waals surface area contributed by atoms with Crippen molar-refractivity contribution >= 4 is 23.1 Å². The van der Waals surface area contributed by atoms with Gasteiger partial charge in [-0.15, -0.1) is 0 Å². The van der Waals surface area contributed by atoms with E-state index in [9.17, 15) is 0 Å². The quantitative estimate of drug-likeness (QED) is 0.791. The number of aryl methyl sites for hydroxylation is 1. The summed E-state index contributed by atoms with van der Waals surface area (Å²) in [5.74, 6) is 1.29. The maximum Gasteiger partial charge on any atom is 0.0579 e. The van der Waals surface area contributed by atoms with E-state index in [0.717, 1.165) is 23.5 Å². The number of para-hydroxylation sites is 1. The number of nitrogen functional groups attached to an aromatic ring is 1. The number of hydrogen-bond donors (Lipinski definition) is 2. The lowest BCUT2D eigenvalue weighted by Gasteiger charge is -2.24. The third-order valence-electron chi connectivity index (χ3n) is 3.28. The van der Waals surface area contributed by atoms with Crippen LogP contribution in [0, 0.1) is 6.92 Å². The van der Waals surface area contributed by atoms with Gasteiger partial charge in [-0.05, 0) is 44.1 Å². The normalized spacial score (nSPS) is 24.6. The molecule has 0 aliphatic carbocycles. The van der Waals surface area contributed by atoms with Crippen LogP contribution >= 0.6 is 11.8 Å². The van der Waals surface area contributed by atoms with Gasteiger partial charge in [0.15, 0.2) is 0 Å². The summed E-state index contributed by atoms with van der Waals surface area (Å²) in [5, 5.41) is 3.49. The molecule has 2 nitrogen and oxygen atoms in total. The minimum absolute atomic E-state index is 0.385. The van der Waals surface area contributed by atoms with Gasteiger partial charge in [0, 0.05) is 11.3 Å². The summed E-state index contributed by atoms with van der Waals surface area (Å²) in [5.41, 5.74) is 9.15. The minimum Gasteiger partial charge on any atom is -0.397 e. The summed E-state index contributed by atoms with van der Waals surface area (Å²) in [4.78, 5) is 0. The minimum atomic E-state index is 0.385. The molecule has 1 aromatic carbocycles. The van der Waals surface area contributed by atoms with Gasteiger partial charge in [0.2, 0.25) is 0 Å². The molecule has 1 heterocycles. The maximum atomic E-state index is 6.04. The van der Waals surface area contributed by atoms with Crippen LogP contribution in [0.5, 0.6) is 0 Å².